The molecule has 31 heavy (non-hydrogen) atoms. The van der Waals surface area contributed by atoms with Crippen LogP contribution in [0.3, 0.4) is 0 Å². The lowest BCUT2D eigenvalue weighted by molar-refractivity contribution is -0.0396. The van der Waals surface area contributed by atoms with E-state index in [9.17, 15) is 0 Å². The first-order valence-electron chi connectivity index (χ1n) is 10.4. The van der Waals surface area contributed by atoms with Gasteiger partial charge in [0.15, 0.2) is 0 Å². The Balaban J connectivity index is 1.70. The highest BCUT2D eigenvalue weighted by molar-refractivity contribution is 9.11. The van der Waals surface area contributed by atoms with Crippen molar-refractivity contribution in [2.24, 2.45) is 0 Å². The number of fused-ring (bicyclic) bond motifs is 5. The van der Waals surface area contributed by atoms with E-state index in [2.05, 4.69) is 45.7 Å². The Hall–Kier alpha value is -1.26. The highest BCUT2D eigenvalue weighted by Crippen LogP contribution is 2.44. The summed E-state index contributed by atoms with van der Waals surface area (Å²) in [7, 11) is 0. The number of ether oxygens (including phenoxy) is 2. The minimum atomic E-state index is -0.208. The average Bonchev–Trinajstić information content (AvgIpc) is 3.12. The summed E-state index contributed by atoms with van der Waals surface area (Å²) in [6.07, 6.45) is 4.69. The number of aromatic nitrogens is 3. The van der Waals surface area contributed by atoms with E-state index in [4.69, 9.17) is 19.4 Å². The Morgan fingerprint density at radius 2 is 2.10 bits per heavy atom. The van der Waals surface area contributed by atoms with Gasteiger partial charge < -0.3 is 14.4 Å². The van der Waals surface area contributed by atoms with Gasteiger partial charge in [-0.2, -0.15) is 0 Å². The van der Waals surface area contributed by atoms with Gasteiger partial charge in [-0.15, -0.1) is 23.1 Å². The van der Waals surface area contributed by atoms with Gasteiger partial charge in [0.05, 0.1) is 35.6 Å². The molecule has 0 spiro atoms. The third kappa shape index (κ3) is 4.23. The van der Waals surface area contributed by atoms with Gasteiger partial charge in [-0.05, 0) is 30.8 Å². The van der Waals surface area contributed by atoms with Crippen LogP contribution in [-0.2, 0) is 22.5 Å². The molecule has 0 aromatic carbocycles. The van der Waals surface area contributed by atoms with Crippen molar-refractivity contribution < 1.29 is 9.47 Å². The van der Waals surface area contributed by atoms with Crippen LogP contribution in [0.2, 0.25) is 0 Å². The van der Waals surface area contributed by atoms with Gasteiger partial charge in [0.2, 0.25) is 0 Å². The second-order valence-corrected chi connectivity index (χ2v) is 11.7. The first-order chi connectivity index (χ1) is 14.9. The minimum absolute atomic E-state index is 0.208. The van der Waals surface area contributed by atoms with Crippen LogP contribution in [-0.4, -0.2) is 52.6 Å². The summed E-state index contributed by atoms with van der Waals surface area (Å²) in [4.78, 5) is 17.9. The summed E-state index contributed by atoms with van der Waals surface area (Å²) in [5.74, 6) is 1.91. The Labute approximate surface area is 198 Å². The maximum absolute atomic E-state index is 6.22. The van der Waals surface area contributed by atoms with Crippen LogP contribution >= 0.6 is 39.0 Å². The van der Waals surface area contributed by atoms with Crippen LogP contribution in [0, 0.1) is 0 Å². The quantitative estimate of drug-likeness (QED) is 0.340. The molecule has 5 rings (SSSR count). The van der Waals surface area contributed by atoms with E-state index in [1.54, 1.807) is 29.4 Å². The molecule has 1 fully saturated rings. The number of rotatable bonds is 4. The van der Waals surface area contributed by atoms with Crippen LogP contribution < -0.4 is 4.90 Å². The monoisotopic (exact) mass is 520 g/mol. The second kappa shape index (κ2) is 8.59. The van der Waals surface area contributed by atoms with Crippen LogP contribution in [0.4, 0.5) is 5.82 Å². The van der Waals surface area contributed by atoms with Crippen LogP contribution in [0.15, 0.2) is 21.9 Å². The molecule has 2 aliphatic heterocycles. The molecule has 2 aliphatic rings. The summed E-state index contributed by atoms with van der Waals surface area (Å²) in [6, 6.07) is 0. The van der Waals surface area contributed by atoms with Crippen molar-refractivity contribution in [2.45, 2.75) is 44.4 Å². The number of nitrogens with zero attached hydrogens (tertiary/aromatic N) is 4. The number of hydrogen-bond acceptors (Lipinski definition) is 8. The van der Waals surface area contributed by atoms with Crippen LogP contribution in [0.25, 0.3) is 20.4 Å². The molecule has 0 aliphatic carbocycles. The van der Waals surface area contributed by atoms with E-state index >= 15 is 0 Å². The summed E-state index contributed by atoms with van der Waals surface area (Å²) in [5, 5.41) is 2.20. The van der Waals surface area contributed by atoms with Gasteiger partial charge in [0.1, 0.15) is 22.0 Å². The van der Waals surface area contributed by atoms with Gasteiger partial charge in [-0.3, -0.25) is 0 Å². The number of thiophene rings is 1. The van der Waals surface area contributed by atoms with Crippen molar-refractivity contribution in [1.82, 2.24) is 15.0 Å². The molecule has 9 heteroatoms. The largest absolute Gasteiger partial charge is 0.378 e. The van der Waals surface area contributed by atoms with Crippen molar-refractivity contribution in [3.63, 3.8) is 0 Å². The SMILES string of the molecule is CC(Br)=CCSc1ncnc2c1sc1nc(N3CCOCC3)c3c(c12)CC(C)(C)OC3. The molecule has 0 saturated carbocycles. The summed E-state index contributed by atoms with van der Waals surface area (Å²) < 4.78 is 14.1. The van der Waals surface area contributed by atoms with Gasteiger partial charge in [-0.1, -0.05) is 22.0 Å². The normalized spacial score (nSPS) is 19.2. The lowest BCUT2D eigenvalue weighted by Crippen LogP contribution is -2.39. The molecule has 0 amide bonds. The number of thioether (sulfide) groups is 1. The zero-order chi connectivity index (χ0) is 21.6. The van der Waals surface area contributed by atoms with Gasteiger partial charge in [0, 0.05) is 36.2 Å². The lowest BCUT2D eigenvalue weighted by atomic mass is 9.90. The Kier molecular flexibility index (Phi) is 5.98. The maximum atomic E-state index is 6.22. The van der Waals surface area contributed by atoms with E-state index in [1.165, 1.54) is 16.5 Å². The molecule has 0 atom stereocenters. The smallest absolute Gasteiger partial charge is 0.136 e. The molecule has 164 valence electrons. The molecule has 1 saturated heterocycles. The topological polar surface area (TPSA) is 60.4 Å². The predicted octanol–water partition coefficient (Wildman–Crippen LogP) is 5.32. The number of anilines is 1. The Morgan fingerprint density at radius 3 is 2.87 bits per heavy atom. The van der Waals surface area contributed by atoms with Gasteiger partial charge in [-0.25, -0.2) is 15.0 Å². The fourth-order valence-corrected chi connectivity index (χ4v) is 6.70. The summed E-state index contributed by atoms with van der Waals surface area (Å²) in [6.45, 7) is 10.1. The first kappa shape index (κ1) is 21.6. The fraction of sp³-hybridized carbons (Fsp3) is 0.500. The molecule has 3 aromatic rings. The lowest BCUT2D eigenvalue weighted by Gasteiger charge is -2.36. The van der Waals surface area contributed by atoms with Gasteiger partial charge in [0.25, 0.3) is 0 Å². The Morgan fingerprint density at radius 1 is 1.29 bits per heavy atom. The van der Waals surface area contributed by atoms with E-state index in [-0.39, 0.29) is 5.60 Å². The number of halogens is 1. The zero-order valence-electron chi connectivity index (χ0n) is 17.9. The number of hydrogen-bond donors (Lipinski definition) is 0. The molecular weight excluding hydrogens is 496 g/mol. The zero-order valence-corrected chi connectivity index (χ0v) is 21.1. The number of pyridine rings is 1. The molecule has 0 radical (unpaired) electrons. The number of allylic oxidation sites excluding steroid dienone is 1. The van der Waals surface area contributed by atoms with E-state index in [0.29, 0.717) is 6.61 Å². The second-order valence-electron chi connectivity index (χ2n) is 8.46. The predicted molar refractivity (Wildman–Crippen MR) is 132 cm³/mol. The highest BCUT2D eigenvalue weighted by Gasteiger charge is 2.33. The van der Waals surface area contributed by atoms with E-state index in [1.807, 2.05) is 6.92 Å². The molecule has 3 aromatic heterocycles. The maximum Gasteiger partial charge on any atom is 0.136 e. The molecule has 5 heterocycles. The van der Waals surface area contributed by atoms with Crippen molar-refractivity contribution in [3.8, 4) is 0 Å². The van der Waals surface area contributed by atoms with Crippen molar-refractivity contribution in [3.05, 3.63) is 28.0 Å². The van der Waals surface area contributed by atoms with Crippen molar-refractivity contribution in [2.75, 3.05) is 37.0 Å². The third-order valence-electron chi connectivity index (χ3n) is 5.67. The standard InChI is InChI=1S/C22H25BrN4O2S2/c1-13(23)4-9-30-21-18-17(24-12-25-21)16-14-10-22(2,3)29-11-15(14)19(26-20(16)31-18)27-5-7-28-8-6-27/h4,12H,5-11H2,1-3H3. The van der Waals surface area contributed by atoms with E-state index in [0.717, 1.165) is 68.9 Å². The third-order valence-corrected chi connectivity index (χ3v) is 8.12. The highest BCUT2D eigenvalue weighted by atomic mass is 79.9. The molecule has 0 unspecified atom stereocenters. The molecule has 0 N–H and O–H groups in total. The van der Waals surface area contributed by atoms with E-state index < -0.39 is 0 Å². The fourth-order valence-electron chi connectivity index (χ4n) is 4.14. The van der Waals surface area contributed by atoms with Gasteiger partial charge >= 0.3 is 0 Å². The summed E-state index contributed by atoms with van der Waals surface area (Å²) >= 11 is 6.95. The van der Waals surface area contributed by atoms with Crippen molar-refractivity contribution >= 4 is 65.3 Å². The van der Waals surface area contributed by atoms with Crippen LogP contribution in [0.5, 0.6) is 0 Å². The van der Waals surface area contributed by atoms with Crippen LogP contribution in [0.1, 0.15) is 31.9 Å². The minimum Gasteiger partial charge on any atom is -0.378 e. The molecule has 0 bridgehead atoms. The number of morpholine rings is 1. The summed E-state index contributed by atoms with van der Waals surface area (Å²) in [5.41, 5.74) is 3.35. The first-order valence-corrected chi connectivity index (χ1v) is 13.0. The van der Waals surface area contributed by atoms with Crippen molar-refractivity contribution in [1.29, 1.82) is 0 Å². The Bertz CT molecular complexity index is 1170. The molecular formula is C22H25BrN4O2S2. The average molecular weight is 522 g/mol. The molecule has 6 nitrogen and oxygen atoms in total.